The molecule has 2 rings (SSSR count). The maximum Gasteiger partial charge on any atom is 0.319 e. The number of nitrogens with zero attached hydrogens (tertiary/aromatic N) is 1. The van der Waals surface area contributed by atoms with Gasteiger partial charge in [-0.15, -0.1) is 0 Å². The van der Waals surface area contributed by atoms with E-state index in [4.69, 9.17) is 4.52 Å². The molecule has 0 fully saturated rings. The van der Waals surface area contributed by atoms with Gasteiger partial charge in [0, 0.05) is 11.8 Å². The first-order valence-electron chi connectivity index (χ1n) is 5.26. The molecule has 0 atom stereocenters. The minimum Gasteiger partial charge on any atom is -0.359 e. The van der Waals surface area contributed by atoms with Gasteiger partial charge in [0.15, 0.2) is 5.76 Å². The van der Waals surface area contributed by atoms with E-state index < -0.39 is 0 Å². The van der Waals surface area contributed by atoms with Crippen LogP contribution < -0.4 is 10.6 Å². The number of benzene rings is 1. The third kappa shape index (κ3) is 3.34. The van der Waals surface area contributed by atoms with E-state index in [9.17, 15) is 4.79 Å². The maximum absolute atomic E-state index is 11.5. The highest BCUT2D eigenvalue weighted by Gasteiger charge is 2.04. The lowest BCUT2D eigenvalue weighted by Crippen LogP contribution is -2.27. The lowest BCUT2D eigenvalue weighted by atomic mass is 10.3. The lowest BCUT2D eigenvalue weighted by Gasteiger charge is -2.05. The van der Waals surface area contributed by atoms with Crippen molar-refractivity contribution >= 4 is 11.7 Å². The number of para-hydroxylation sites is 1. The Hall–Kier alpha value is -2.30. The second-order valence-corrected chi connectivity index (χ2v) is 3.61. The van der Waals surface area contributed by atoms with Crippen LogP contribution in [0.5, 0.6) is 0 Å². The van der Waals surface area contributed by atoms with Crippen molar-refractivity contribution in [2.45, 2.75) is 13.5 Å². The molecule has 2 amide bonds. The fraction of sp³-hybridized carbons (Fsp3) is 0.167. The molecule has 0 saturated carbocycles. The van der Waals surface area contributed by atoms with Gasteiger partial charge in [0.1, 0.15) is 0 Å². The Kier molecular flexibility index (Phi) is 3.40. The lowest BCUT2D eigenvalue weighted by molar-refractivity contribution is 0.250. The highest BCUT2D eigenvalue weighted by atomic mass is 16.5. The van der Waals surface area contributed by atoms with E-state index in [1.807, 2.05) is 37.3 Å². The number of amides is 2. The molecule has 0 radical (unpaired) electrons. The van der Waals surface area contributed by atoms with Crippen LogP contribution in [0.15, 0.2) is 40.9 Å². The van der Waals surface area contributed by atoms with Crippen molar-refractivity contribution in [3.63, 3.8) is 0 Å². The molecule has 0 aliphatic carbocycles. The topological polar surface area (TPSA) is 67.2 Å². The summed E-state index contributed by atoms with van der Waals surface area (Å²) in [6, 6.07) is 10.7. The van der Waals surface area contributed by atoms with Crippen molar-refractivity contribution in [3.8, 4) is 0 Å². The molecule has 5 heteroatoms. The van der Waals surface area contributed by atoms with Crippen LogP contribution in [-0.4, -0.2) is 11.2 Å². The van der Waals surface area contributed by atoms with E-state index in [2.05, 4.69) is 15.8 Å². The van der Waals surface area contributed by atoms with Gasteiger partial charge in [0.2, 0.25) is 0 Å². The number of rotatable bonds is 3. The molecule has 2 aromatic rings. The standard InChI is InChI=1S/C12H13N3O2/c1-9-7-11(17-15-9)8-13-12(16)14-10-5-3-2-4-6-10/h2-7H,8H2,1H3,(H2,13,14,16). The Morgan fingerprint density at radius 1 is 1.35 bits per heavy atom. The molecule has 88 valence electrons. The Bertz CT molecular complexity index is 493. The minimum absolute atomic E-state index is 0.273. The molecule has 2 N–H and O–H groups in total. The van der Waals surface area contributed by atoms with E-state index in [0.29, 0.717) is 12.3 Å². The van der Waals surface area contributed by atoms with Gasteiger partial charge in [-0.1, -0.05) is 23.4 Å². The number of hydrogen-bond acceptors (Lipinski definition) is 3. The summed E-state index contributed by atoms with van der Waals surface area (Å²) in [5, 5.41) is 9.12. The third-order valence-corrected chi connectivity index (χ3v) is 2.13. The summed E-state index contributed by atoms with van der Waals surface area (Å²) in [6.07, 6.45) is 0. The summed E-state index contributed by atoms with van der Waals surface area (Å²) in [6.45, 7) is 2.15. The molecule has 1 aromatic carbocycles. The molecule has 0 spiro atoms. The van der Waals surface area contributed by atoms with Crippen LogP contribution in [0.2, 0.25) is 0 Å². The van der Waals surface area contributed by atoms with Crippen LogP contribution in [0.3, 0.4) is 0 Å². The normalized spacial score (nSPS) is 9.94. The highest BCUT2D eigenvalue weighted by Crippen LogP contribution is 2.05. The van der Waals surface area contributed by atoms with Gasteiger partial charge in [-0.05, 0) is 19.1 Å². The third-order valence-electron chi connectivity index (χ3n) is 2.13. The van der Waals surface area contributed by atoms with Gasteiger partial charge < -0.3 is 15.2 Å². The maximum atomic E-state index is 11.5. The van der Waals surface area contributed by atoms with E-state index in [0.717, 1.165) is 11.4 Å². The van der Waals surface area contributed by atoms with Crippen molar-refractivity contribution in [2.75, 3.05) is 5.32 Å². The van der Waals surface area contributed by atoms with Crippen LogP contribution in [0.25, 0.3) is 0 Å². The summed E-state index contributed by atoms with van der Waals surface area (Å²) in [4.78, 5) is 11.5. The Labute approximate surface area is 98.8 Å². The number of aromatic nitrogens is 1. The van der Waals surface area contributed by atoms with Crippen LogP contribution in [0, 0.1) is 6.92 Å². The zero-order valence-corrected chi connectivity index (χ0v) is 9.43. The fourth-order valence-electron chi connectivity index (χ4n) is 1.36. The van der Waals surface area contributed by atoms with Crippen LogP contribution in [0.4, 0.5) is 10.5 Å². The number of carbonyl (C=O) groups excluding carboxylic acids is 1. The quantitative estimate of drug-likeness (QED) is 0.851. The van der Waals surface area contributed by atoms with Crippen molar-refractivity contribution < 1.29 is 9.32 Å². The Morgan fingerprint density at radius 2 is 2.12 bits per heavy atom. The predicted molar refractivity (Wildman–Crippen MR) is 63.5 cm³/mol. The van der Waals surface area contributed by atoms with Gasteiger partial charge in [-0.2, -0.15) is 0 Å². The van der Waals surface area contributed by atoms with Gasteiger partial charge in [0.05, 0.1) is 12.2 Å². The van der Waals surface area contributed by atoms with Crippen LogP contribution >= 0.6 is 0 Å². The molecule has 0 aliphatic rings. The molecule has 1 heterocycles. The molecule has 0 saturated heterocycles. The molecule has 0 unspecified atom stereocenters. The first-order chi connectivity index (χ1) is 8.24. The molecule has 17 heavy (non-hydrogen) atoms. The summed E-state index contributed by atoms with van der Waals surface area (Å²) < 4.78 is 4.97. The van der Waals surface area contributed by atoms with Crippen LogP contribution in [0.1, 0.15) is 11.5 Å². The summed E-state index contributed by atoms with van der Waals surface area (Å²) in [5.41, 5.74) is 1.55. The Balaban J connectivity index is 1.82. The summed E-state index contributed by atoms with van der Waals surface area (Å²) in [5.74, 6) is 0.630. The molecular formula is C12H13N3O2. The average molecular weight is 231 g/mol. The van der Waals surface area contributed by atoms with Crippen molar-refractivity contribution in [1.82, 2.24) is 10.5 Å². The number of aryl methyl sites for hydroxylation is 1. The van der Waals surface area contributed by atoms with Crippen molar-refractivity contribution in [3.05, 3.63) is 47.9 Å². The van der Waals surface area contributed by atoms with E-state index in [1.54, 1.807) is 6.07 Å². The average Bonchev–Trinajstić information content (AvgIpc) is 2.74. The molecule has 0 bridgehead atoms. The van der Waals surface area contributed by atoms with Gasteiger partial charge in [-0.25, -0.2) is 4.79 Å². The number of carbonyl (C=O) groups is 1. The largest absolute Gasteiger partial charge is 0.359 e. The SMILES string of the molecule is Cc1cc(CNC(=O)Nc2ccccc2)on1. The number of nitrogens with one attached hydrogen (secondary N) is 2. The molecule has 5 nitrogen and oxygen atoms in total. The first-order valence-corrected chi connectivity index (χ1v) is 5.26. The first kappa shape index (κ1) is 11.2. The smallest absolute Gasteiger partial charge is 0.319 e. The van der Waals surface area contributed by atoms with E-state index in [-0.39, 0.29) is 6.03 Å². The Morgan fingerprint density at radius 3 is 2.76 bits per heavy atom. The highest BCUT2D eigenvalue weighted by molar-refractivity contribution is 5.89. The monoisotopic (exact) mass is 231 g/mol. The number of hydrogen-bond donors (Lipinski definition) is 2. The summed E-state index contributed by atoms with van der Waals surface area (Å²) in [7, 11) is 0. The van der Waals surface area contributed by atoms with Crippen LogP contribution in [-0.2, 0) is 6.54 Å². The predicted octanol–water partition coefficient (Wildman–Crippen LogP) is 2.30. The van der Waals surface area contributed by atoms with Gasteiger partial charge in [0.25, 0.3) is 0 Å². The zero-order chi connectivity index (χ0) is 12.1. The molecule has 1 aromatic heterocycles. The fourth-order valence-corrected chi connectivity index (χ4v) is 1.36. The second-order valence-electron chi connectivity index (χ2n) is 3.61. The van der Waals surface area contributed by atoms with Crippen molar-refractivity contribution in [1.29, 1.82) is 0 Å². The van der Waals surface area contributed by atoms with Crippen molar-refractivity contribution in [2.24, 2.45) is 0 Å². The van der Waals surface area contributed by atoms with E-state index in [1.165, 1.54) is 0 Å². The van der Waals surface area contributed by atoms with Gasteiger partial charge in [-0.3, -0.25) is 0 Å². The zero-order valence-electron chi connectivity index (χ0n) is 9.43. The molecular weight excluding hydrogens is 218 g/mol. The second kappa shape index (κ2) is 5.16. The number of anilines is 1. The molecule has 0 aliphatic heterocycles. The summed E-state index contributed by atoms with van der Waals surface area (Å²) >= 11 is 0. The minimum atomic E-state index is -0.273. The van der Waals surface area contributed by atoms with E-state index >= 15 is 0 Å². The van der Waals surface area contributed by atoms with Gasteiger partial charge >= 0.3 is 6.03 Å². The number of urea groups is 1.